The fourth-order valence-electron chi connectivity index (χ4n) is 1.11. The molecule has 1 rings (SSSR count). The van der Waals surface area contributed by atoms with Crippen molar-refractivity contribution in [3.63, 3.8) is 0 Å². The molecule has 17 heavy (non-hydrogen) atoms. The van der Waals surface area contributed by atoms with Crippen molar-refractivity contribution >= 4 is 27.5 Å². The van der Waals surface area contributed by atoms with E-state index in [4.69, 9.17) is 5.26 Å². The van der Waals surface area contributed by atoms with Crippen molar-refractivity contribution in [3.05, 3.63) is 28.2 Å². The predicted octanol–water partition coefficient (Wildman–Crippen LogP) is 2.26. The van der Waals surface area contributed by atoms with Gasteiger partial charge in [-0.3, -0.25) is 4.79 Å². The van der Waals surface area contributed by atoms with Crippen LogP contribution in [-0.2, 0) is 4.79 Å². The van der Waals surface area contributed by atoms with Gasteiger partial charge >= 0.3 is 0 Å². The highest BCUT2D eigenvalue weighted by Crippen LogP contribution is 2.21. The quantitative estimate of drug-likeness (QED) is 0.899. The summed E-state index contributed by atoms with van der Waals surface area (Å²) in [5, 5.41) is 14.6. The molecule has 0 spiro atoms. The summed E-state index contributed by atoms with van der Waals surface area (Å²) in [5.41, 5.74) is 0.262. The minimum absolute atomic E-state index is 0.186. The van der Waals surface area contributed by atoms with Crippen LogP contribution in [0.1, 0.15) is 19.4 Å². The van der Waals surface area contributed by atoms with Gasteiger partial charge in [-0.1, -0.05) is 15.9 Å². The van der Waals surface area contributed by atoms with Crippen molar-refractivity contribution in [1.29, 1.82) is 5.26 Å². The summed E-state index contributed by atoms with van der Waals surface area (Å²) in [5.74, 6) is -0.186. The number of amides is 1. The maximum Gasteiger partial charge on any atom is 0.244 e. The van der Waals surface area contributed by atoms with Crippen LogP contribution in [0.5, 0.6) is 0 Å². The van der Waals surface area contributed by atoms with Gasteiger partial charge in [-0.15, -0.1) is 0 Å². The number of nitrogens with zero attached hydrogens (tertiary/aromatic N) is 1. The number of carbonyl (C=O) groups is 1. The number of halogens is 1. The zero-order chi connectivity index (χ0) is 13.1. The molecule has 0 aliphatic rings. The predicted molar refractivity (Wildman–Crippen MR) is 70.6 cm³/mol. The number of likely N-dealkylation sites (N-methyl/N-ethyl adjacent to an activating group) is 1. The van der Waals surface area contributed by atoms with Gasteiger partial charge in [-0.25, -0.2) is 0 Å². The second-order valence-corrected chi connectivity index (χ2v) is 5.05. The molecule has 0 saturated carbocycles. The second-order valence-electron chi connectivity index (χ2n) is 4.13. The highest BCUT2D eigenvalue weighted by atomic mass is 79.9. The summed E-state index contributed by atoms with van der Waals surface area (Å²) in [6.07, 6.45) is 0. The highest BCUT2D eigenvalue weighted by Gasteiger charge is 2.25. The average Bonchev–Trinajstić information content (AvgIpc) is 2.29. The minimum Gasteiger partial charge on any atom is -0.323 e. The summed E-state index contributed by atoms with van der Waals surface area (Å²) >= 11 is 3.31. The number of nitrogens with one attached hydrogen (secondary N) is 2. The third kappa shape index (κ3) is 3.29. The first-order valence-corrected chi connectivity index (χ1v) is 5.90. The molecule has 90 valence electrons. The van der Waals surface area contributed by atoms with Crippen molar-refractivity contribution in [1.82, 2.24) is 5.32 Å². The van der Waals surface area contributed by atoms with Gasteiger partial charge in [-0.05, 0) is 39.1 Å². The van der Waals surface area contributed by atoms with E-state index in [1.165, 1.54) is 0 Å². The molecular weight excluding hydrogens is 282 g/mol. The maximum absolute atomic E-state index is 11.9. The molecule has 1 aromatic rings. The molecule has 0 atom stereocenters. The number of anilines is 1. The molecule has 4 nitrogen and oxygen atoms in total. The van der Waals surface area contributed by atoms with E-state index in [1.807, 2.05) is 6.07 Å². The second kappa shape index (κ2) is 5.30. The Labute approximate surface area is 109 Å². The van der Waals surface area contributed by atoms with E-state index < -0.39 is 5.54 Å². The van der Waals surface area contributed by atoms with Gasteiger partial charge in [-0.2, -0.15) is 5.26 Å². The molecule has 0 heterocycles. The number of benzene rings is 1. The Hall–Kier alpha value is -1.38. The maximum atomic E-state index is 11.9. The molecule has 0 bridgehead atoms. The van der Waals surface area contributed by atoms with Gasteiger partial charge in [0, 0.05) is 4.47 Å². The smallest absolute Gasteiger partial charge is 0.244 e. The van der Waals surface area contributed by atoms with Crippen LogP contribution < -0.4 is 10.6 Å². The molecule has 5 heteroatoms. The van der Waals surface area contributed by atoms with Gasteiger partial charge in [0.25, 0.3) is 0 Å². The van der Waals surface area contributed by atoms with Crippen LogP contribution in [0.15, 0.2) is 22.7 Å². The Morgan fingerprint density at radius 2 is 2.12 bits per heavy atom. The van der Waals surface area contributed by atoms with Crippen LogP contribution in [0.4, 0.5) is 5.69 Å². The van der Waals surface area contributed by atoms with E-state index in [0.29, 0.717) is 11.3 Å². The van der Waals surface area contributed by atoms with E-state index in [9.17, 15) is 4.79 Å². The summed E-state index contributed by atoms with van der Waals surface area (Å²) in [4.78, 5) is 11.9. The van der Waals surface area contributed by atoms with Crippen LogP contribution in [0.2, 0.25) is 0 Å². The van der Waals surface area contributed by atoms with Crippen molar-refractivity contribution in [3.8, 4) is 6.07 Å². The van der Waals surface area contributed by atoms with E-state index in [2.05, 4.69) is 26.6 Å². The zero-order valence-corrected chi connectivity index (χ0v) is 11.6. The van der Waals surface area contributed by atoms with Crippen molar-refractivity contribution in [2.75, 3.05) is 12.4 Å². The highest BCUT2D eigenvalue weighted by molar-refractivity contribution is 9.10. The first-order chi connectivity index (χ1) is 7.90. The van der Waals surface area contributed by atoms with E-state index in [0.717, 1.165) is 4.47 Å². The average molecular weight is 296 g/mol. The van der Waals surface area contributed by atoms with Crippen LogP contribution in [-0.4, -0.2) is 18.5 Å². The van der Waals surface area contributed by atoms with Crippen molar-refractivity contribution < 1.29 is 4.79 Å². The number of hydrogen-bond acceptors (Lipinski definition) is 3. The number of rotatable bonds is 3. The number of hydrogen-bond donors (Lipinski definition) is 2. The van der Waals surface area contributed by atoms with E-state index in [-0.39, 0.29) is 5.91 Å². The monoisotopic (exact) mass is 295 g/mol. The van der Waals surface area contributed by atoms with Gasteiger partial charge in [0.15, 0.2) is 0 Å². The number of nitriles is 1. The van der Waals surface area contributed by atoms with Gasteiger partial charge < -0.3 is 10.6 Å². The lowest BCUT2D eigenvalue weighted by atomic mass is 10.0. The van der Waals surface area contributed by atoms with Crippen LogP contribution in [0.3, 0.4) is 0 Å². The fraction of sp³-hybridized carbons (Fsp3) is 0.333. The molecule has 1 amide bonds. The molecule has 1 aromatic carbocycles. The molecule has 0 saturated heterocycles. The zero-order valence-electron chi connectivity index (χ0n) is 9.97. The molecule has 0 fully saturated rings. The molecule has 0 aliphatic carbocycles. The Balaban J connectivity index is 3.00. The van der Waals surface area contributed by atoms with Crippen molar-refractivity contribution in [2.24, 2.45) is 0 Å². The molecule has 2 N–H and O–H groups in total. The van der Waals surface area contributed by atoms with Crippen molar-refractivity contribution in [2.45, 2.75) is 19.4 Å². The van der Waals surface area contributed by atoms with Gasteiger partial charge in [0.2, 0.25) is 5.91 Å². The fourth-order valence-corrected chi connectivity index (χ4v) is 1.47. The standard InChI is InChI=1S/C12H14BrN3O/c1-12(2,15-3)11(17)16-10-6-9(13)5-4-8(10)7-14/h4-6,15H,1-3H3,(H,16,17). The van der Waals surface area contributed by atoms with Gasteiger partial charge in [0.05, 0.1) is 16.8 Å². The summed E-state index contributed by atoms with van der Waals surface area (Å²) in [6.45, 7) is 3.54. The third-order valence-electron chi connectivity index (χ3n) is 2.54. The Kier molecular flexibility index (Phi) is 4.27. The lowest BCUT2D eigenvalue weighted by Crippen LogP contribution is -2.48. The first-order valence-electron chi connectivity index (χ1n) is 5.10. The summed E-state index contributed by atoms with van der Waals surface area (Å²) in [7, 11) is 1.71. The van der Waals surface area contributed by atoms with Crippen LogP contribution in [0.25, 0.3) is 0 Å². The summed E-state index contributed by atoms with van der Waals surface area (Å²) < 4.78 is 0.814. The molecule has 0 aliphatic heterocycles. The Morgan fingerprint density at radius 3 is 2.65 bits per heavy atom. The lowest BCUT2D eigenvalue weighted by Gasteiger charge is -2.23. The topological polar surface area (TPSA) is 64.9 Å². The minimum atomic E-state index is -0.685. The molecule has 0 unspecified atom stereocenters. The molecule has 0 aromatic heterocycles. The Morgan fingerprint density at radius 1 is 1.47 bits per heavy atom. The SMILES string of the molecule is CNC(C)(C)C(=O)Nc1cc(Br)ccc1C#N. The molecule has 0 radical (unpaired) electrons. The third-order valence-corrected chi connectivity index (χ3v) is 3.04. The summed E-state index contributed by atoms with van der Waals surface area (Å²) in [6, 6.07) is 7.17. The van der Waals surface area contributed by atoms with Crippen LogP contribution in [0, 0.1) is 11.3 Å². The first kappa shape index (κ1) is 13.7. The number of carbonyl (C=O) groups excluding carboxylic acids is 1. The Bertz CT molecular complexity index is 477. The van der Waals surface area contributed by atoms with E-state index in [1.54, 1.807) is 39.1 Å². The molecular formula is C12H14BrN3O. The largest absolute Gasteiger partial charge is 0.323 e. The lowest BCUT2D eigenvalue weighted by molar-refractivity contribution is -0.121. The van der Waals surface area contributed by atoms with Gasteiger partial charge in [0.1, 0.15) is 6.07 Å². The van der Waals surface area contributed by atoms with Crippen LogP contribution >= 0.6 is 15.9 Å². The van der Waals surface area contributed by atoms with E-state index >= 15 is 0 Å². The normalized spacial score (nSPS) is 10.8.